The third-order valence-electron chi connectivity index (χ3n) is 4.18. The zero-order valence-corrected chi connectivity index (χ0v) is 11.7. The van der Waals surface area contributed by atoms with Gasteiger partial charge < -0.3 is 5.73 Å². The van der Waals surface area contributed by atoms with Gasteiger partial charge in [0.05, 0.1) is 0 Å². The van der Waals surface area contributed by atoms with Crippen molar-refractivity contribution in [3.63, 3.8) is 0 Å². The summed E-state index contributed by atoms with van der Waals surface area (Å²) >= 11 is 0. The SMILES string of the molecule is Cc1cc(C)cc(CC2Cc3ccccc3C2N)c1. The summed E-state index contributed by atoms with van der Waals surface area (Å²) in [4.78, 5) is 0. The minimum atomic E-state index is 0.192. The van der Waals surface area contributed by atoms with E-state index in [-0.39, 0.29) is 6.04 Å². The molecule has 2 aromatic rings. The Morgan fingerprint density at radius 2 is 1.74 bits per heavy atom. The van der Waals surface area contributed by atoms with Crippen LogP contribution in [0.1, 0.15) is 33.9 Å². The van der Waals surface area contributed by atoms with Crippen LogP contribution in [0.3, 0.4) is 0 Å². The number of hydrogen-bond donors (Lipinski definition) is 1. The number of fused-ring (bicyclic) bond motifs is 1. The first-order chi connectivity index (χ1) is 9.13. The van der Waals surface area contributed by atoms with Gasteiger partial charge in [-0.1, -0.05) is 53.6 Å². The highest BCUT2D eigenvalue weighted by Gasteiger charge is 2.29. The van der Waals surface area contributed by atoms with Gasteiger partial charge >= 0.3 is 0 Å². The van der Waals surface area contributed by atoms with Gasteiger partial charge in [0, 0.05) is 6.04 Å². The molecular weight excluding hydrogens is 230 g/mol. The van der Waals surface area contributed by atoms with Crippen LogP contribution in [0.2, 0.25) is 0 Å². The second kappa shape index (κ2) is 4.82. The maximum atomic E-state index is 6.41. The van der Waals surface area contributed by atoms with E-state index in [2.05, 4.69) is 56.3 Å². The van der Waals surface area contributed by atoms with Crippen molar-refractivity contribution in [3.8, 4) is 0 Å². The molecular formula is C18H21N. The standard InChI is InChI=1S/C18H21N/c1-12-7-13(2)9-14(8-12)10-16-11-15-5-3-4-6-17(15)18(16)19/h3-9,16,18H,10-11,19H2,1-2H3. The Bertz CT molecular complexity index is 580. The summed E-state index contributed by atoms with van der Waals surface area (Å²) in [7, 11) is 0. The quantitative estimate of drug-likeness (QED) is 0.865. The molecule has 2 aromatic carbocycles. The molecule has 0 radical (unpaired) electrons. The van der Waals surface area contributed by atoms with Crippen LogP contribution in [0.4, 0.5) is 0 Å². The zero-order chi connectivity index (χ0) is 13.4. The highest BCUT2D eigenvalue weighted by molar-refractivity contribution is 5.37. The molecule has 0 saturated carbocycles. The van der Waals surface area contributed by atoms with Crippen molar-refractivity contribution >= 4 is 0 Å². The minimum absolute atomic E-state index is 0.192. The number of hydrogen-bond acceptors (Lipinski definition) is 1. The van der Waals surface area contributed by atoms with Gasteiger partial charge in [-0.2, -0.15) is 0 Å². The second-order valence-electron chi connectivity index (χ2n) is 5.89. The van der Waals surface area contributed by atoms with E-state index < -0.39 is 0 Å². The summed E-state index contributed by atoms with van der Waals surface area (Å²) in [6, 6.07) is 15.6. The molecule has 2 atom stereocenters. The van der Waals surface area contributed by atoms with Crippen LogP contribution in [0.5, 0.6) is 0 Å². The van der Waals surface area contributed by atoms with Gasteiger partial charge in [0.15, 0.2) is 0 Å². The van der Waals surface area contributed by atoms with Crippen LogP contribution in [0, 0.1) is 19.8 Å². The molecule has 1 aliphatic carbocycles. The lowest BCUT2D eigenvalue weighted by Crippen LogP contribution is -2.19. The van der Waals surface area contributed by atoms with Crippen molar-refractivity contribution in [1.29, 1.82) is 0 Å². The van der Waals surface area contributed by atoms with Crippen molar-refractivity contribution < 1.29 is 0 Å². The van der Waals surface area contributed by atoms with Crippen LogP contribution in [-0.4, -0.2) is 0 Å². The maximum absolute atomic E-state index is 6.41. The highest BCUT2D eigenvalue weighted by atomic mass is 14.7. The summed E-state index contributed by atoms with van der Waals surface area (Å²) in [6.45, 7) is 4.33. The van der Waals surface area contributed by atoms with Crippen molar-refractivity contribution in [2.45, 2.75) is 32.7 Å². The lowest BCUT2D eigenvalue weighted by atomic mass is 9.92. The Balaban J connectivity index is 1.82. The summed E-state index contributed by atoms with van der Waals surface area (Å²) in [5.41, 5.74) is 13.3. The van der Waals surface area contributed by atoms with Crippen molar-refractivity contribution in [2.24, 2.45) is 11.7 Å². The Morgan fingerprint density at radius 3 is 2.42 bits per heavy atom. The molecule has 0 aromatic heterocycles. The fourth-order valence-electron chi connectivity index (χ4n) is 3.40. The van der Waals surface area contributed by atoms with Gasteiger partial charge in [-0.3, -0.25) is 0 Å². The molecule has 2 N–H and O–H groups in total. The van der Waals surface area contributed by atoms with Gasteiger partial charge in [-0.25, -0.2) is 0 Å². The van der Waals surface area contributed by atoms with Gasteiger partial charge in [0.2, 0.25) is 0 Å². The molecule has 3 rings (SSSR count). The lowest BCUT2D eigenvalue weighted by Gasteiger charge is -2.16. The van der Waals surface area contributed by atoms with E-state index in [1.54, 1.807) is 0 Å². The molecule has 0 aliphatic heterocycles. The topological polar surface area (TPSA) is 26.0 Å². The molecule has 0 amide bonds. The molecule has 2 unspecified atom stereocenters. The van der Waals surface area contributed by atoms with Gasteiger partial charge in [0.1, 0.15) is 0 Å². The third kappa shape index (κ3) is 2.43. The van der Waals surface area contributed by atoms with E-state index in [1.165, 1.54) is 27.8 Å². The van der Waals surface area contributed by atoms with E-state index in [0.29, 0.717) is 5.92 Å². The van der Waals surface area contributed by atoms with E-state index >= 15 is 0 Å². The normalized spacial score (nSPS) is 21.4. The molecule has 1 nitrogen and oxygen atoms in total. The number of nitrogens with two attached hydrogens (primary N) is 1. The van der Waals surface area contributed by atoms with Crippen molar-refractivity contribution in [2.75, 3.05) is 0 Å². The first-order valence-corrected chi connectivity index (χ1v) is 7.04. The van der Waals surface area contributed by atoms with Gasteiger partial charge in [-0.05, 0) is 49.3 Å². The smallest absolute Gasteiger partial charge is 0.0332 e. The first-order valence-electron chi connectivity index (χ1n) is 7.04. The molecule has 0 saturated heterocycles. The fourth-order valence-corrected chi connectivity index (χ4v) is 3.40. The van der Waals surface area contributed by atoms with Gasteiger partial charge in [0.25, 0.3) is 0 Å². The van der Waals surface area contributed by atoms with Crippen molar-refractivity contribution in [1.82, 2.24) is 0 Å². The summed E-state index contributed by atoms with van der Waals surface area (Å²) in [5.74, 6) is 0.540. The molecule has 19 heavy (non-hydrogen) atoms. The van der Waals surface area contributed by atoms with Crippen LogP contribution in [-0.2, 0) is 12.8 Å². The first kappa shape index (κ1) is 12.4. The molecule has 1 aliphatic rings. The van der Waals surface area contributed by atoms with Crippen LogP contribution in [0.25, 0.3) is 0 Å². The predicted molar refractivity (Wildman–Crippen MR) is 80.2 cm³/mol. The molecule has 0 bridgehead atoms. The molecule has 98 valence electrons. The zero-order valence-electron chi connectivity index (χ0n) is 11.7. The monoisotopic (exact) mass is 251 g/mol. The summed E-state index contributed by atoms with van der Waals surface area (Å²) in [6.07, 6.45) is 2.20. The average Bonchev–Trinajstić information content (AvgIpc) is 2.66. The van der Waals surface area contributed by atoms with Crippen LogP contribution >= 0.6 is 0 Å². The number of aryl methyl sites for hydroxylation is 2. The average molecular weight is 251 g/mol. The highest BCUT2D eigenvalue weighted by Crippen LogP contribution is 2.36. The number of benzene rings is 2. The van der Waals surface area contributed by atoms with E-state index in [1.807, 2.05) is 0 Å². The van der Waals surface area contributed by atoms with E-state index in [9.17, 15) is 0 Å². The van der Waals surface area contributed by atoms with Crippen molar-refractivity contribution in [3.05, 3.63) is 70.3 Å². The van der Waals surface area contributed by atoms with Crippen LogP contribution < -0.4 is 5.73 Å². The molecule has 0 heterocycles. The lowest BCUT2D eigenvalue weighted by molar-refractivity contribution is 0.465. The number of rotatable bonds is 2. The Hall–Kier alpha value is -1.60. The predicted octanol–water partition coefficient (Wildman–Crippen LogP) is 3.72. The third-order valence-corrected chi connectivity index (χ3v) is 4.18. The molecule has 0 fully saturated rings. The maximum Gasteiger partial charge on any atom is 0.0332 e. The molecule has 1 heteroatoms. The van der Waals surface area contributed by atoms with Gasteiger partial charge in [-0.15, -0.1) is 0 Å². The Labute approximate surface area is 115 Å². The summed E-state index contributed by atoms with van der Waals surface area (Å²) < 4.78 is 0. The summed E-state index contributed by atoms with van der Waals surface area (Å²) in [5, 5.41) is 0. The molecule has 0 spiro atoms. The second-order valence-corrected chi connectivity index (χ2v) is 5.89. The Kier molecular flexibility index (Phi) is 3.16. The van der Waals surface area contributed by atoms with Crippen LogP contribution in [0.15, 0.2) is 42.5 Å². The Morgan fingerprint density at radius 1 is 1.05 bits per heavy atom. The minimum Gasteiger partial charge on any atom is -0.324 e. The van der Waals surface area contributed by atoms with E-state index in [4.69, 9.17) is 5.73 Å². The van der Waals surface area contributed by atoms with E-state index in [0.717, 1.165) is 12.8 Å². The fraction of sp³-hybridized carbons (Fsp3) is 0.333. The largest absolute Gasteiger partial charge is 0.324 e.